The number of nitrogens with zero attached hydrogens (tertiary/aromatic N) is 4. The Morgan fingerprint density at radius 3 is 2.56 bits per heavy atom. The van der Waals surface area contributed by atoms with Crippen molar-refractivity contribution in [2.75, 3.05) is 42.5 Å². The molecule has 2 saturated heterocycles. The molecule has 3 aliphatic rings. The van der Waals surface area contributed by atoms with Crippen LogP contribution in [0.3, 0.4) is 0 Å². The zero-order chi connectivity index (χ0) is 22.2. The highest BCUT2D eigenvalue weighted by atomic mass is 16.5. The zero-order valence-electron chi connectivity index (χ0n) is 19.6. The van der Waals surface area contributed by atoms with Crippen LogP contribution in [-0.2, 0) is 24.2 Å². The molecule has 0 saturated carbocycles. The summed E-state index contributed by atoms with van der Waals surface area (Å²) < 4.78 is 5.84. The topological polar surface area (TPSA) is 64.7 Å². The highest BCUT2D eigenvalue weighted by Gasteiger charge is 2.27. The van der Waals surface area contributed by atoms with Crippen LogP contribution in [0.2, 0.25) is 0 Å². The van der Waals surface area contributed by atoms with Crippen molar-refractivity contribution < 1.29 is 4.74 Å². The van der Waals surface area contributed by atoms with Crippen molar-refractivity contribution in [3.63, 3.8) is 0 Å². The van der Waals surface area contributed by atoms with Crippen molar-refractivity contribution in [1.29, 1.82) is 0 Å². The second-order valence-corrected chi connectivity index (χ2v) is 9.74. The van der Waals surface area contributed by atoms with Crippen LogP contribution in [0.15, 0.2) is 23.0 Å². The fourth-order valence-corrected chi connectivity index (χ4v) is 5.39. The SMILES string of the molecule is Cc1cc(N2CCCC2)ccc1CN1CCc2c(nc(N3C[C@@H](C)O[C@H](C)C3)[nH]c2=O)C1. The Bertz CT molecular complexity index is 1020. The fourth-order valence-electron chi connectivity index (χ4n) is 5.39. The fraction of sp³-hybridized carbons (Fsp3) is 0.600. The molecule has 5 rings (SSSR count). The molecule has 0 radical (unpaired) electrons. The minimum atomic E-state index is 0.0163. The number of rotatable bonds is 4. The number of anilines is 2. The molecule has 2 atom stereocenters. The summed E-state index contributed by atoms with van der Waals surface area (Å²) in [6.45, 7) is 12.7. The van der Waals surface area contributed by atoms with E-state index in [1.54, 1.807) is 0 Å². The smallest absolute Gasteiger partial charge is 0.255 e. The van der Waals surface area contributed by atoms with Gasteiger partial charge in [-0.2, -0.15) is 0 Å². The number of H-pyrrole nitrogens is 1. The number of hydrogen-bond donors (Lipinski definition) is 1. The normalized spacial score (nSPS) is 24.1. The van der Waals surface area contributed by atoms with Crippen molar-refractivity contribution in [3.05, 3.63) is 50.9 Å². The molecule has 32 heavy (non-hydrogen) atoms. The summed E-state index contributed by atoms with van der Waals surface area (Å²) in [6.07, 6.45) is 3.60. The van der Waals surface area contributed by atoms with Crippen molar-refractivity contribution in [3.8, 4) is 0 Å². The van der Waals surface area contributed by atoms with Gasteiger partial charge in [0.1, 0.15) is 0 Å². The lowest BCUT2D eigenvalue weighted by molar-refractivity contribution is -0.00576. The lowest BCUT2D eigenvalue weighted by Crippen LogP contribution is -2.47. The van der Waals surface area contributed by atoms with Gasteiger partial charge < -0.3 is 14.5 Å². The number of aryl methyl sites for hydroxylation is 1. The summed E-state index contributed by atoms with van der Waals surface area (Å²) in [5.74, 6) is 0.684. The summed E-state index contributed by atoms with van der Waals surface area (Å²) in [6, 6.07) is 6.89. The first kappa shape index (κ1) is 21.5. The third-order valence-corrected chi connectivity index (χ3v) is 7.05. The van der Waals surface area contributed by atoms with Crippen LogP contribution in [0.5, 0.6) is 0 Å². The zero-order valence-corrected chi connectivity index (χ0v) is 19.6. The van der Waals surface area contributed by atoms with Crippen LogP contribution in [0.25, 0.3) is 0 Å². The van der Waals surface area contributed by atoms with Gasteiger partial charge in [-0.25, -0.2) is 4.98 Å². The van der Waals surface area contributed by atoms with Gasteiger partial charge >= 0.3 is 0 Å². The van der Waals surface area contributed by atoms with E-state index in [4.69, 9.17) is 9.72 Å². The Kier molecular flexibility index (Phi) is 5.95. The van der Waals surface area contributed by atoms with E-state index in [0.717, 1.165) is 50.4 Å². The molecule has 4 heterocycles. The molecule has 0 aliphatic carbocycles. The average Bonchev–Trinajstić information content (AvgIpc) is 3.29. The average molecular weight is 438 g/mol. The van der Waals surface area contributed by atoms with E-state index in [9.17, 15) is 4.79 Å². The predicted octanol–water partition coefficient (Wildman–Crippen LogP) is 2.85. The van der Waals surface area contributed by atoms with Crippen molar-refractivity contribution >= 4 is 11.6 Å². The number of hydrogen-bond acceptors (Lipinski definition) is 6. The van der Waals surface area contributed by atoms with E-state index in [0.29, 0.717) is 5.95 Å². The Balaban J connectivity index is 1.32. The number of benzene rings is 1. The molecule has 1 aromatic heterocycles. The lowest BCUT2D eigenvalue weighted by atomic mass is 10.0. The number of aromatic amines is 1. The first-order valence-electron chi connectivity index (χ1n) is 12.1. The van der Waals surface area contributed by atoms with Gasteiger partial charge in [-0.05, 0) is 63.3 Å². The third kappa shape index (κ3) is 4.41. The van der Waals surface area contributed by atoms with Crippen LogP contribution in [-0.4, -0.2) is 59.8 Å². The molecule has 3 aliphatic heterocycles. The molecule has 7 heteroatoms. The molecule has 1 aromatic carbocycles. The molecule has 7 nitrogen and oxygen atoms in total. The number of nitrogens with one attached hydrogen (secondary N) is 1. The van der Waals surface area contributed by atoms with E-state index in [-0.39, 0.29) is 17.8 Å². The number of fused-ring (bicyclic) bond motifs is 1. The maximum atomic E-state index is 12.8. The molecule has 2 aromatic rings. The first-order valence-corrected chi connectivity index (χ1v) is 12.1. The van der Waals surface area contributed by atoms with Crippen LogP contribution >= 0.6 is 0 Å². The Hall–Kier alpha value is -2.38. The van der Waals surface area contributed by atoms with Gasteiger partial charge in [0, 0.05) is 57.1 Å². The Morgan fingerprint density at radius 2 is 1.84 bits per heavy atom. The number of aromatic nitrogens is 2. The number of ether oxygens (including phenoxy) is 1. The molecular formula is C25H35N5O2. The predicted molar refractivity (Wildman–Crippen MR) is 128 cm³/mol. The molecule has 1 N–H and O–H groups in total. The highest BCUT2D eigenvalue weighted by molar-refractivity contribution is 5.51. The molecule has 0 amide bonds. The third-order valence-electron chi connectivity index (χ3n) is 7.05. The Morgan fingerprint density at radius 1 is 1.09 bits per heavy atom. The van der Waals surface area contributed by atoms with Gasteiger partial charge in [-0.15, -0.1) is 0 Å². The van der Waals surface area contributed by atoms with E-state index in [1.165, 1.54) is 42.7 Å². The molecule has 2 fully saturated rings. The van der Waals surface area contributed by atoms with Gasteiger partial charge in [0.05, 0.1) is 17.9 Å². The van der Waals surface area contributed by atoms with Crippen LogP contribution in [0.1, 0.15) is 49.1 Å². The van der Waals surface area contributed by atoms with Crippen molar-refractivity contribution in [2.45, 2.75) is 65.3 Å². The van der Waals surface area contributed by atoms with Crippen molar-refractivity contribution in [2.24, 2.45) is 0 Å². The van der Waals surface area contributed by atoms with Crippen LogP contribution in [0, 0.1) is 6.92 Å². The van der Waals surface area contributed by atoms with Crippen LogP contribution in [0.4, 0.5) is 11.6 Å². The molecule has 0 unspecified atom stereocenters. The summed E-state index contributed by atoms with van der Waals surface area (Å²) in [4.78, 5) is 27.8. The van der Waals surface area contributed by atoms with E-state index >= 15 is 0 Å². The maximum Gasteiger partial charge on any atom is 0.255 e. The monoisotopic (exact) mass is 437 g/mol. The minimum absolute atomic E-state index is 0.0163. The van der Waals surface area contributed by atoms with Crippen LogP contribution < -0.4 is 15.4 Å². The maximum absolute atomic E-state index is 12.8. The minimum Gasteiger partial charge on any atom is -0.372 e. The van der Waals surface area contributed by atoms with E-state index in [2.05, 4.69) is 58.7 Å². The largest absolute Gasteiger partial charge is 0.372 e. The van der Waals surface area contributed by atoms with E-state index < -0.39 is 0 Å². The second kappa shape index (κ2) is 8.87. The lowest BCUT2D eigenvalue weighted by Gasteiger charge is -2.36. The summed E-state index contributed by atoms with van der Waals surface area (Å²) in [5.41, 5.74) is 5.84. The first-order chi connectivity index (χ1) is 15.5. The van der Waals surface area contributed by atoms with E-state index in [1.807, 2.05) is 0 Å². The highest BCUT2D eigenvalue weighted by Crippen LogP contribution is 2.25. The summed E-state index contributed by atoms with van der Waals surface area (Å²) >= 11 is 0. The van der Waals surface area contributed by atoms with Gasteiger partial charge in [-0.3, -0.25) is 14.7 Å². The van der Waals surface area contributed by atoms with Gasteiger partial charge in [0.2, 0.25) is 5.95 Å². The van der Waals surface area contributed by atoms with Gasteiger partial charge in [0.15, 0.2) is 0 Å². The summed E-state index contributed by atoms with van der Waals surface area (Å²) in [5, 5.41) is 0. The number of morpholine rings is 1. The van der Waals surface area contributed by atoms with Gasteiger partial charge in [0.25, 0.3) is 5.56 Å². The molecular weight excluding hydrogens is 402 g/mol. The molecule has 0 bridgehead atoms. The van der Waals surface area contributed by atoms with Crippen molar-refractivity contribution in [1.82, 2.24) is 14.9 Å². The quantitative estimate of drug-likeness (QED) is 0.794. The summed E-state index contributed by atoms with van der Waals surface area (Å²) in [7, 11) is 0. The molecule has 172 valence electrons. The van der Waals surface area contributed by atoms with Gasteiger partial charge in [-0.1, -0.05) is 6.07 Å². The standard InChI is InChI=1S/C25H35N5O2/c1-17-12-21(29-9-4-5-10-29)7-6-20(17)15-28-11-8-22-23(16-28)26-25(27-24(22)31)30-13-18(2)32-19(3)14-30/h6-7,12,18-19H,4-5,8-11,13-16H2,1-3H3,(H,26,27,31)/t18-,19-/m1/s1. The molecule has 0 spiro atoms. The Labute approximate surface area is 190 Å². The second-order valence-electron chi connectivity index (χ2n) is 9.74.